The summed E-state index contributed by atoms with van der Waals surface area (Å²) in [6.45, 7) is 3.76. The highest BCUT2D eigenvalue weighted by molar-refractivity contribution is 4.91. The molecular weight excluding hydrogens is 512 g/mol. The summed E-state index contributed by atoms with van der Waals surface area (Å²) in [5, 5.41) is 70.8. The third-order valence-electron chi connectivity index (χ3n) is 7.87. The SMILES string of the molecule is CCCCCCCCC(CCCCCC)CO[C@@H]1O[C@H](CO[C@H]2O[C@H](CO)[C@@H](O)[C@H](O)[C@H]2O)[C@@H](O)[C@H](O)[C@H]1O. The Morgan fingerprint density at radius 2 is 1.03 bits per heavy atom. The lowest BCUT2D eigenvalue weighted by Gasteiger charge is -2.42. The topological polar surface area (TPSA) is 179 Å². The average Bonchev–Trinajstić information content (AvgIpc) is 2.94. The van der Waals surface area contributed by atoms with E-state index >= 15 is 0 Å². The van der Waals surface area contributed by atoms with E-state index in [9.17, 15) is 35.7 Å². The van der Waals surface area contributed by atoms with E-state index in [1.54, 1.807) is 0 Å². The Hall–Kier alpha value is -0.440. The molecule has 2 fully saturated rings. The van der Waals surface area contributed by atoms with Crippen molar-refractivity contribution >= 4 is 0 Å². The molecular formula is C28H54O11. The Balaban J connectivity index is 1.90. The van der Waals surface area contributed by atoms with Gasteiger partial charge in [-0.25, -0.2) is 0 Å². The van der Waals surface area contributed by atoms with Gasteiger partial charge in [-0.3, -0.25) is 0 Å². The van der Waals surface area contributed by atoms with Crippen LogP contribution < -0.4 is 0 Å². The van der Waals surface area contributed by atoms with Gasteiger partial charge in [-0.05, 0) is 18.8 Å². The third-order valence-corrected chi connectivity index (χ3v) is 7.87. The Labute approximate surface area is 233 Å². The summed E-state index contributed by atoms with van der Waals surface area (Å²) in [5.41, 5.74) is 0. The van der Waals surface area contributed by atoms with Gasteiger partial charge in [-0.1, -0.05) is 78.1 Å². The van der Waals surface area contributed by atoms with Crippen LogP contribution in [-0.2, 0) is 18.9 Å². The van der Waals surface area contributed by atoms with Crippen molar-refractivity contribution in [1.29, 1.82) is 0 Å². The molecule has 2 aliphatic rings. The molecule has 11 heteroatoms. The van der Waals surface area contributed by atoms with Crippen LogP contribution in [0, 0.1) is 5.92 Å². The van der Waals surface area contributed by atoms with Crippen molar-refractivity contribution in [2.45, 2.75) is 152 Å². The van der Waals surface area contributed by atoms with Crippen molar-refractivity contribution in [1.82, 2.24) is 0 Å². The molecule has 0 radical (unpaired) electrons. The van der Waals surface area contributed by atoms with E-state index in [-0.39, 0.29) is 12.5 Å². The largest absolute Gasteiger partial charge is 0.394 e. The molecule has 0 aromatic rings. The van der Waals surface area contributed by atoms with Crippen LogP contribution in [0.2, 0.25) is 0 Å². The maximum atomic E-state index is 10.5. The van der Waals surface area contributed by atoms with Gasteiger partial charge in [0.15, 0.2) is 12.6 Å². The Morgan fingerprint density at radius 1 is 0.564 bits per heavy atom. The molecule has 0 aromatic carbocycles. The maximum absolute atomic E-state index is 10.5. The van der Waals surface area contributed by atoms with E-state index in [1.165, 1.54) is 38.5 Å². The molecule has 0 saturated carbocycles. The highest BCUT2D eigenvalue weighted by Gasteiger charge is 2.47. The first-order valence-corrected chi connectivity index (χ1v) is 15.0. The van der Waals surface area contributed by atoms with Crippen LogP contribution in [-0.4, -0.2) is 117 Å². The van der Waals surface area contributed by atoms with Gasteiger partial charge in [-0.15, -0.1) is 0 Å². The van der Waals surface area contributed by atoms with Crippen molar-refractivity contribution < 1.29 is 54.7 Å². The number of aliphatic hydroxyl groups excluding tert-OH is 7. The first-order chi connectivity index (χ1) is 18.7. The summed E-state index contributed by atoms with van der Waals surface area (Å²) in [6.07, 6.45) is -0.254. The molecule has 11 nitrogen and oxygen atoms in total. The Morgan fingerprint density at radius 3 is 1.59 bits per heavy atom. The minimum absolute atomic E-state index is 0.289. The molecule has 7 N–H and O–H groups in total. The summed E-state index contributed by atoms with van der Waals surface area (Å²) < 4.78 is 22.5. The minimum atomic E-state index is -1.61. The zero-order valence-corrected chi connectivity index (χ0v) is 23.7. The van der Waals surface area contributed by atoms with Gasteiger partial charge in [0.2, 0.25) is 0 Å². The second kappa shape index (κ2) is 18.9. The van der Waals surface area contributed by atoms with Crippen molar-refractivity contribution in [2.75, 3.05) is 19.8 Å². The molecule has 0 amide bonds. The van der Waals surface area contributed by atoms with Crippen LogP contribution in [0.3, 0.4) is 0 Å². The number of hydrogen-bond acceptors (Lipinski definition) is 11. The molecule has 11 atom stereocenters. The normalized spacial score (nSPS) is 36.2. The summed E-state index contributed by atoms with van der Waals surface area (Å²) in [4.78, 5) is 0. The monoisotopic (exact) mass is 566 g/mol. The van der Waals surface area contributed by atoms with Gasteiger partial charge in [-0.2, -0.15) is 0 Å². The van der Waals surface area contributed by atoms with Crippen LogP contribution in [0.4, 0.5) is 0 Å². The van der Waals surface area contributed by atoms with Gasteiger partial charge in [0.25, 0.3) is 0 Å². The number of ether oxygens (including phenoxy) is 4. The minimum Gasteiger partial charge on any atom is -0.394 e. The first-order valence-electron chi connectivity index (χ1n) is 15.0. The van der Waals surface area contributed by atoms with Gasteiger partial charge in [0, 0.05) is 0 Å². The fourth-order valence-electron chi connectivity index (χ4n) is 5.20. The lowest BCUT2D eigenvalue weighted by atomic mass is 9.94. The van der Waals surface area contributed by atoms with Crippen LogP contribution in [0.5, 0.6) is 0 Å². The number of unbranched alkanes of at least 4 members (excludes halogenated alkanes) is 8. The highest BCUT2D eigenvalue weighted by atomic mass is 16.7. The Bertz CT molecular complexity index is 624. The molecule has 232 valence electrons. The van der Waals surface area contributed by atoms with E-state index in [4.69, 9.17) is 18.9 Å². The van der Waals surface area contributed by atoms with Crippen LogP contribution in [0.15, 0.2) is 0 Å². The molecule has 0 bridgehead atoms. The van der Waals surface area contributed by atoms with Crippen LogP contribution in [0.25, 0.3) is 0 Å². The van der Waals surface area contributed by atoms with Crippen molar-refractivity contribution in [2.24, 2.45) is 5.92 Å². The summed E-state index contributed by atoms with van der Waals surface area (Å²) >= 11 is 0. The molecule has 39 heavy (non-hydrogen) atoms. The second-order valence-electron chi connectivity index (χ2n) is 11.2. The average molecular weight is 567 g/mol. The fourth-order valence-corrected chi connectivity index (χ4v) is 5.20. The molecule has 2 saturated heterocycles. The molecule has 2 aliphatic heterocycles. The summed E-state index contributed by atoms with van der Waals surface area (Å²) in [5.74, 6) is 0.289. The number of hydrogen-bond donors (Lipinski definition) is 7. The van der Waals surface area contributed by atoms with Crippen molar-refractivity contribution in [3.63, 3.8) is 0 Å². The van der Waals surface area contributed by atoms with E-state index in [1.807, 2.05) is 0 Å². The van der Waals surface area contributed by atoms with Crippen LogP contribution in [0.1, 0.15) is 90.9 Å². The van der Waals surface area contributed by atoms with E-state index in [2.05, 4.69) is 13.8 Å². The quantitative estimate of drug-likeness (QED) is 0.111. The molecule has 0 aromatic heterocycles. The molecule has 2 rings (SSSR count). The first kappa shape index (κ1) is 34.8. The zero-order chi connectivity index (χ0) is 28.8. The second-order valence-corrected chi connectivity index (χ2v) is 11.2. The van der Waals surface area contributed by atoms with Gasteiger partial charge in [0.05, 0.1) is 19.8 Å². The summed E-state index contributed by atoms with van der Waals surface area (Å²) in [7, 11) is 0. The number of aliphatic hydroxyl groups is 7. The molecule has 0 aliphatic carbocycles. The highest BCUT2D eigenvalue weighted by Crippen LogP contribution is 2.27. The Kier molecular flexibility index (Phi) is 16.8. The van der Waals surface area contributed by atoms with Crippen molar-refractivity contribution in [3.8, 4) is 0 Å². The predicted octanol–water partition coefficient (Wildman–Crippen LogP) is 0.964. The van der Waals surface area contributed by atoms with Gasteiger partial charge in [0.1, 0.15) is 48.8 Å². The summed E-state index contributed by atoms with van der Waals surface area (Å²) in [6, 6.07) is 0. The van der Waals surface area contributed by atoms with E-state index < -0.39 is 68.0 Å². The van der Waals surface area contributed by atoms with Gasteiger partial charge >= 0.3 is 0 Å². The van der Waals surface area contributed by atoms with E-state index in [0.29, 0.717) is 6.61 Å². The molecule has 1 unspecified atom stereocenters. The smallest absolute Gasteiger partial charge is 0.186 e. The molecule has 0 spiro atoms. The third kappa shape index (κ3) is 11.1. The standard InChI is InChI=1S/C28H54O11/c1-3-5-7-9-10-12-14-18(13-11-8-6-4-2)16-36-27-26(35)24(33)22(31)20(39-27)17-37-28-25(34)23(32)21(30)19(15-29)38-28/h18-35H,3-17H2,1-2H3/t18?,19-,20-,21-,22-,23+,24+,25-,26-,27-,28+/m1/s1. The zero-order valence-electron chi connectivity index (χ0n) is 23.7. The van der Waals surface area contributed by atoms with Crippen LogP contribution >= 0.6 is 0 Å². The lowest BCUT2D eigenvalue weighted by Crippen LogP contribution is -2.61. The lowest BCUT2D eigenvalue weighted by molar-refractivity contribution is -0.332. The molecule has 2 heterocycles. The fraction of sp³-hybridized carbons (Fsp3) is 1.00. The van der Waals surface area contributed by atoms with Crippen molar-refractivity contribution in [3.05, 3.63) is 0 Å². The van der Waals surface area contributed by atoms with E-state index in [0.717, 1.165) is 38.5 Å². The maximum Gasteiger partial charge on any atom is 0.186 e. The number of rotatable bonds is 19. The predicted molar refractivity (Wildman–Crippen MR) is 143 cm³/mol. The van der Waals surface area contributed by atoms with Gasteiger partial charge < -0.3 is 54.7 Å².